The van der Waals surface area contributed by atoms with Gasteiger partial charge in [-0.25, -0.2) is 0 Å². The predicted octanol–water partition coefficient (Wildman–Crippen LogP) is 1.60. The van der Waals surface area contributed by atoms with Crippen LogP contribution in [0.25, 0.3) is 0 Å². The molecule has 0 aromatic heterocycles. The summed E-state index contributed by atoms with van der Waals surface area (Å²) in [5.74, 6) is -0.896. The number of carbonyl (C=O) groups is 1. The van der Waals surface area contributed by atoms with E-state index in [0.29, 0.717) is 13.0 Å². The maximum atomic E-state index is 11.1. The Bertz CT molecular complexity index is 513. The van der Waals surface area contributed by atoms with Crippen LogP contribution in [0.15, 0.2) is 12.1 Å². The molecule has 1 aromatic carbocycles. The van der Waals surface area contributed by atoms with Gasteiger partial charge in [-0.1, -0.05) is 12.1 Å². The summed E-state index contributed by atoms with van der Waals surface area (Å²) in [5.41, 5.74) is 9.91. The molecule has 0 spiro atoms. The van der Waals surface area contributed by atoms with E-state index in [1.165, 1.54) is 22.3 Å². The molecule has 104 valence electrons. The van der Waals surface area contributed by atoms with E-state index in [4.69, 9.17) is 10.8 Å². The molecule has 0 radical (unpaired) electrons. The molecule has 1 aliphatic heterocycles. The third kappa shape index (κ3) is 2.80. The fraction of sp³-hybridized carbons (Fsp3) is 0.533. The molecule has 1 unspecified atom stereocenters. The zero-order valence-electron chi connectivity index (χ0n) is 11.9. The monoisotopic (exact) mass is 262 g/mol. The van der Waals surface area contributed by atoms with Crippen LogP contribution in [0.2, 0.25) is 0 Å². The first-order valence-corrected chi connectivity index (χ1v) is 6.63. The smallest absolute Gasteiger partial charge is 0.325 e. The standard InChI is InChI=1S/C15H22N2O2/c1-10-6-12(3)13(7-11(10)2)8-17-5-4-15(16,9-17)14(18)19/h6-7H,4-5,8-9,16H2,1-3H3,(H,18,19). The average molecular weight is 262 g/mol. The number of hydrogen-bond donors (Lipinski definition) is 2. The molecule has 0 bridgehead atoms. The number of aryl methyl sites for hydroxylation is 3. The van der Waals surface area contributed by atoms with E-state index in [1.807, 2.05) is 0 Å². The van der Waals surface area contributed by atoms with E-state index >= 15 is 0 Å². The number of nitrogens with zero attached hydrogens (tertiary/aromatic N) is 1. The number of likely N-dealkylation sites (tertiary alicyclic amines) is 1. The highest BCUT2D eigenvalue weighted by molar-refractivity contribution is 5.79. The van der Waals surface area contributed by atoms with Gasteiger partial charge < -0.3 is 10.8 Å². The van der Waals surface area contributed by atoms with Crippen LogP contribution in [0.3, 0.4) is 0 Å². The Morgan fingerprint density at radius 2 is 1.95 bits per heavy atom. The zero-order chi connectivity index (χ0) is 14.2. The lowest BCUT2D eigenvalue weighted by Gasteiger charge is -2.21. The Morgan fingerprint density at radius 1 is 1.32 bits per heavy atom. The van der Waals surface area contributed by atoms with Crippen molar-refractivity contribution >= 4 is 5.97 Å². The number of carboxylic acids is 1. The van der Waals surface area contributed by atoms with E-state index in [1.54, 1.807) is 0 Å². The van der Waals surface area contributed by atoms with Gasteiger partial charge in [0.25, 0.3) is 0 Å². The molecule has 0 saturated carbocycles. The lowest BCUT2D eigenvalue weighted by atomic mass is 10.00. The van der Waals surface area contributed by atoms with Crippen molar-refractivity contribution in [2.24, 2.45) is 5.73 Å². The van der Waals surface area contributed by atoms with Crippen molar-refractivity contribution in [2.75, 3.05) is 13.1 Å². The number of hydrogen-bond acceptors (Lipinski definition) is 3. The summed E-state index contributed by atoms with van der Waals surface area (Å²) >= 11 is 0. The summed E-state index contributed by atoms with van der Waals surface area (Å²) in [6.45, 7) is 8.26. The molecule has 19 heavy (non-hydrogen) atoms. The molecular weight excluding hydrogens is 240 g/mol. The number of nitrogens with two attached hydrogens (primary N) is 1. The Kier molecular flexibility index (Phi) is 3.65. The summed E-state index contributed by atoms with van der Waals surface area (Å²) < 4.78 is 0. The number of aliphatic carboxylic acids is 1. The fourth-order valence-corrected chi connectivity index (χ4v) is 2.66. The quantitative estimate of drug-likeness (QED) is 0.868. The largest absolute Gasteiger partial charge is 0.480 e. The van der Waals surface area contributed by atoms with Crippen LogP contribution in [0, 0.1) is 20.8 Å². The third-order valence-electron chi connectivity index (χ3n) is 4.15. The van der Waals surface area contributed by atoms with Gasteiger partial charge in [0.1, 0.15) is 5.54 Å². The van der Waals surface area contributed by atoms with Crippen molar-refractivity contribution in [3.8, 4) is 0 Å². The van der Waals surface area contributed by atoms with Crippen molar-refractivity contribution in [1.29, 1.82) is 0 Å². The van der Waals surface area contributed by atoms with Crippen molar-refractivity contribution in [3.05, 3.63) is 34.4 Å². The molecule has 1 atom stereocenters. The highest BCUT2D eigenvalue weighted by Crippen LogP contribution is 2.23. The van der Waals surface area contributed by atoms with Crippen LogP contribution in [-0.4, -0.2) is 34.6 Å². The second kappa shape index (κ2) is 4.94. The maximum Gasteiger partial charge on any atom is 0.325 e. The molecule has 1 aliphatic rings. The highest BCUT2D eigenvalue weighted by atomic mass is 16.4. The Hall–Kier alpha value is -1.39. The molecule has 1 heterocycles. The van der Waals surface area contributed by atoms with Crippen LogP contribution in [-0.2, 0) is 11.3 Å². The number of rotatable bonds is 3. The second-order valence-corrected chi connectivity index (χ2v) is 5.78. The van der Waals surface area contributed by atoms with Gasteiger partial charge in [0, 0.05) is 19.6 Å². The SMILES string of the molecule is Cc1cc(C)c(CN2CCC(N)(C(=O)O)C2)cc1C. The molecule has 4 heteroatoms. The van der Waals surface area contributed by atoms with Crippen LogP contribution in [0.1, 0.15) is 28.7 Å². The summed E-state index contributed by atoms with van der Waals surface area (Å²) in [7, 11) is 0. The molecule has 0 aliphatic carbocycles. The van der Waals surface area contributed by atoms with Gasteiger partial charge in [0.2, 0.25) is 0 Å². The normalized spacial score (nSPS) is 23.8. The van der Waals surface area contributed by atoms with E-state index < -0.39 is 11.5 Å². The van der Waals surface area contributed by atoms with Gasteiger partial charge in [-0.3, -0.25) is 9.69 Å². The van der Waals surface area contributed by atoms with Gasteiger partial charge in [-0.05, 0) is 49.4 Å². The minimum absolute atomic E-state index is 0.425. The van der Waals surface area contributed by atoms with Crippen molar-refractivity contribution in [2.45, 2.75) is 39.3 Å². The topological polar surface area (TPSA) is 66.6 Å². The molecule has 4 nitrogen and oxygen atoms in total. The van der Waals surface area contributed by atoms with E-state index in [9.17, 15) is 4.79 Å². The van der Waals surface area contributed by atoms with E-state index in [-0.39, 0.29) is 0 Å². The van der Waals surface area contributed by atoms with Gasteiger partial charge in [0.15, 0.2) is 0 Å². The minimum Gasteiger partial charge on any atom is -0.480 e. The first-order valence-electron chi connectivity index (χ1n) is 6.63. The molecule has 1 fully saturated rings. The van der Waals surface area contributed by atoms with Crippen LogP contribution < -0.4 is 5.73 Å². The molecule has 3 N–H and O–H groups in total. The molecular formula is C15H22N2O2. The van der Waals surface area contributed by atoms with Gasteiger partial charge in [0.05, 0.1) is 0 Å². The molecule has 1 saturated heterocycles. The second-order valence-electron chi connectivity index (χ2n) is 5.78. The van der Waals surface area contributed by atoms with Crippen LogP contribution >= 0.6 is 0 Å². The molecule has 0 amide bonds. The number of benzene rings is 1. The van der Waals surface area contributed by atoms with Gasteiger partial charge >= 0.3 is 5.97 Å². The lowest BCUT2D eigenvalue weighted by molar-refractivity contribution is -0.142. The van der Waals surface area contributed by atoms with Crippen molar-refractivity contribution in [1.82, 2.24) is 4.90 Å². The summed E-state index contributed by atoms with van der Waals surface area (Å²) in [4.78, 5) is 13.3. The third-order valence-corrected chi connectivity index (χ3v) is 4.15. The van der Waals surface area contributed by atoms with E-state index in [0.717, 1.165) is 13.1 Å². The fourth-order valence-electron chi connectivity index (χ4n) is 2.66. The van der Waals surface area contributed by atoms with Crippen molar-refractivity contribution < 1.29 is 9.90 Å². The lowest BCUT2D eigenvalue weighted by Crippen LogP contribution is -2.50. The Balaban J connectivity index is 2.12. The van der Waals surface area contributed by atoms with Crippen LogP contribution in [0.5, 0.6) is 0 Å². The predicted molar refractivity (Wildman–Crippen MR) is 75.1 cm³/mol. The first kappa shape index (κ1) is 14.0. The summed E-state index contributed by atoms with van der Waals surface area (Å²) in [5, 5.41) is 9.14. The highest BCUT2D eigenvalue weighted by Gasteiger charge is 2.41. The summed E-state index contributed by atoms with van der Waals surface area (Å²) in [6, 6.07) is 4.38. The maximum absolute atomic E-state index is 11.1. The van der Waals surface area contributed by atoms with Crippen molar-refractivity contribution in [3.63, 3.8) is 0 Å². The van der Waals surface area contributed by atoms with E-state index in [2.05, 4.69) is 37.8 Å². The Labute approximate surface area is 114 Å². The minimum atomic E-state index is -1.08. The van der Waals surface area contributed by atoms with Gasteiger partial charge in [-0.2, -0.15) is 0 Å². The van der Waals surface area contributed by atoms with Crippen LogP contribution in [0.4, 0.5) is 0 Å². The average Bonchev–Trinajstić information content (AvgIpc) is 2.69. The first-order chi connectivity index (χ1) is 8.82. The van der Waals surface area contributed by atoms with Gasteiger partial charge in [-0.15, -0.1) is 0 Å². The molecule has 1 aromatic rings. The zero-order valence-corrected chi connectivity index (χ0v) is 11.9. The summed E-state index contributed by atoms with van der Waals surface area (Å²) in [6.07, 6.45) is 0.520. The number of carboxylic acid groups (broad SMARTS) is 1. The Morgan fingerprint density at radius 3 is 2.53 bits per heavy atom. The molecule has 2 rings (SSSR count).